The lowest BCUT2D eigenvalue weighted by Gasteiger charge is -2.39. The first-order chi connectivity index (χ1) is 16.2. The van der Waals surface area contributed by atoms with Gasteiger partial charge in [0.25, 0.3) is 0 Å². The van der Waals surface area contributed by atoms with E-state index in [4.69, 9.17) is 4.74 Å². The maximum absolute atomic E-state index is 14.5. The van der Waals surface area contributed by atoms with Gasteiger partial charge in [0.05, 0.1) is 6.10 Å². The van der Waals surface area contributed by atoms with Crippen LogP contribution >= 0.6 is 0 Å². The second-order valence-electron chi connectivity index (χ2n) is 10.7. The molecule has 2 atom stereocenters. The Bertz CT molecular complexity index is 1000. The zero-order valence-corrected chi connectivity index (χ0v) is 19.6. The molecule has 2 heterocycles. The van der Waals surface area contributed by atoms with E-state index in [9.17, 15) is 23.4 Å². The van der Waals surface area contributed by atoms with Crippen molar-refractivity contribution in [3.05, 3.63) is 41.5 Å². The lowest BCUT2D eigenvalue weighted by molar-refractivity contribution is -0.138. The van der Waals surface area contributed by atoms with Crippen molar-refractivity contribution in [1.29, 1.82) is 0 Å². The molecule has 2 aromatic carbocycles. The van der Waals surface area contributed by atoms with Crippen molar-refractivity contribution in [3.63, 3.8) is 0 Å². The van der Waals surface area contributed by atoms with Crippen LogP contribution in [0.2, 0.25) is 0 Å². The van der Waals surface area contributed by atoms with Crippen molar-refractivity contribution in [2.24, 2.45) is 11.8 Å². The van der Waals surface area contributed by atoms with Crippen molar-refractivity contribution in [2.75, 3.05) is 0 Å². The van der Waals surface area contributed by atoms with E-state index in [0.29, 0.717) is 36.3 Å². The minimum Gasteiger partial charge on any atom is -0.490 e. The number of piperidine rings is 1. The molecule has 2 unspecified atom stereocenters. The van der Waals surface area contributed by atoms with Gasteiger partial charge in [-0.05, 0) is 74.3 Å². The Morgan fingerprint density at radius 3 is 2.26 bits per heavy atom. The number of rotatable bonds is 5. The van der Waals surface area contributed by atoms with Crippen molar-refractivity contribution in [2.45, 2.75) is 95.5 Å². The molecule has 1 saturated carbocycles. The van der Waals surface area contributed by atoms with Crippen LogP contribution in [0.4, 0.5) is 13.2 Å². The number of hydrogen-bond donors (Lipinski definition) is 2. The van der Waals surface area contributed by atoms with E-state index in [1.807, 2.05) is 6.07 Å². The molecule has 5 rings (SSSR count). The zero-order valence-electron chi connectivity index (χ0n) is 19.6. The smallest absolute Gasteiger partial charge is 0.420 e. The van der Waals surface area contributed by atoms with Crippen LogP contribution in [0.1, 0.15) is 69.4 Å². The molecule has 0 amide bonds. The summed E-state index contributed by atoms with van der Waals surface area (Å²) in [4.78, 5) is 2.28. The molecule has 3 aliphatic rings. The number of nitrogens with zero attached hydrogens (tertiary/aromatic N) is 1. The summed E-state index contributed by atoms with van der Waals surface area (Å²) in [6.07, 6.45) is 0.708. The molecule has 3 fully saturated rings. The minimum atomic E-state index is -4.53. The summed E-state index contributed by atoms with van der Waals surface area (Å²) in [5.41, 5.74) is -0.000302. The van der Waals surface area contributed by atoms with E-state index in [1.165, 1.54) is 6.07 Å². The first-order valence-electron chi connectivity index (χ1n) is 12.6. The Morgan fingerprint density at radius 2 is 1.65 bits per heavy atom. The fraction of sp³-hybridized carbons (Fsp3) is 0.630. The van der Waals surface area contributed by atoms with Gasteiger partial charge in [-0.1, -0.05) is 31.2 Å². The molecule has 2 aliphatic heterocycles. The largest absolute Gasteiger partial charge is 0.490 e. The molecule has 186 valence electrons. The van der Waals surface area contributed by atoms with E-state index in [-0.39, 0.29) is 35.2 Å². The van der Waals surface area contributed by atoms with E-state index >= 15 is 0 Å². The van der Waals surface area contributed by atoms with Gasteiger partial charge in [0.1, 0.15) is 11.3 Å². The van der Waals surface area contributed by atoms with Crippen LogP contribution in [0.3, 0.4) is 0 Å². The van der Waals surface area contributed by atoms with Gasteiger partial charge in [-0.25, -0.2) is 0 Å². The topological polar surface area (TPSA) is 52.9 Å². The Morgan fingerprint density at radius 1 is 0.971 bits per heavy atom. The second kappa shape index (κ2) is 9.32. The monoisotopic (exact) mass is 477 g/mol. The third-order valence-electron chi connectivity index (χ3n) is 8.33. The summed E-state index contributed by atoms with van der Waals surface area (Å²) in [6.45, 7) is 2.60. The van der Waals surface area contributed by atoms with Gasteiger partial charge in [-0.3, -0.25) is 4.90 Å². The van der Waals surface area contributed by atoms with E-state index in [0.717, 1.165) is 38.5 Å². The van der Waals surface area contributed by atoms with Crippen LogP contribution in [0, 0.1) is 11.8 Å². The summed E-state index contributed by atoms with van der Waals surface area (Å²) in [5.74, 6) is 0.374. The summed E-state index contributed by atoms with van der Waals surface area (Å²) in [7, 11) is 0. The molecule has 2 saturated heterocycles. The standard InChI is InChI=1S/C27H34F3NO3/c1-16-5-10-22(11-6-16)34-23-12-7-17-3-2-4-18(24(17)25(23)27(28,29)30)15-31-20-8-9-21(31)14-19(13-20)26(32)33/h2-4,7,12,16,19-22,26,32-33H,5-6,8-11,13-15H2,1H3. The highest BCUT2D eigenvalue weighted by molar-refractivity contribution is 5.91. The fourth-order valence-corrected chi connectivity index (χ4v) is 6.49. The van der Waals surface area contributed by atoms with Crippen LogP contribution in [-0.2, 0) is 12.7 Å². The molecule has 2 N–H and O–H groups in total. The third-order valence-corrected chi connectivity index (χ3v) is 8.33. The normalized spacial score (nSPS) is 30.3. The lowest BCUT2D eigenvalue weighted by atomic mass is 9.88. The Labute approximate surface area is 198 Å². The molecular weight excluding hydrogens is 443 g/mol. The van der Waals surface area contributed by atoms with Crippen LogP contribution in [0.5, 0.6) is 5.75 Å². The Hall–Kier alpha value is -1.83. The number of halogens is 3. The summed E-state index contributed by atoms with van der Waals surface area (Å²) < 4.78 is 49.5. The number of fused-ring (bicyclic) bond motifs is 3. The van der Waals surface area contributed by atoms with Gasteiger partial charge in [-0.15, -0.1) is 0 Å². The maximum Gasteiger partial charge on any atom is 0.420 e. The molecule has 2 aromatic rings. The van der Waals surface area contributed by atoms with Crippen molar-refractivity contribution in [1.82, 2.24) is 4.90 Å². The fourth-order valence-electron chi connectivity index (χ4n) is 6.49. The summed E-state index contributed by atoms with van der Waals surface area (Å²) >= 11 is 0. The Balaban J connectivity index is 1.49. The van der Waals surface area contributed by atoms with Gasteiger partial charge in [0, 0.05) is 29.9 Å². The second-order valence-corrected chi connectivity index (χ2v) is 10.7. The van der Waals surface area contributed by atoms with Crippen LogP contribution in [-0.4, -0.2) is 39.6 Å². The third kappa shape index (κ3) is 4.67. The van der Waals surface area contributed by atoms with Gasteiger partial charge in [-0.2, -0.15) is 13.2 Å². The van der Waals surface area contributed by atoms with E-state index in [2.05, 4.69) is 11.8 Å². The highest BCUT2D eigenvalue weighted by Gasteiger charge is 2.43. The summed E-state index contributed by atoms with van der Waals surface area (Å²) in [6, 6.07) is 8.94. The van der Waals surface area contributed by atoms with E-state index < -0.39 is 18.0 Å². The molecule has 1 aliphatic carbocycles. The number of aliphatic hydroxyl groups is 2. The van der Waals surface area contributed by atoms with Gasteiger partial charge in [0.2, 0.25) is 0 Å². The first kappa shape index (κ1) is 23.9. The first-order valence-corrected chi connectivity index (χ1v) is 12.6. The van der Waals surface area contributed by atoms with Crippen molar-refractivity contribution >= 4 is 10.8 Å². The predicted molar refractivity (Wildman–Crippen MR) is 124 cm³/mol. The van der Waals surface area contributed by atoms with Crippen molar-refractivity contribution < 1.29 is 28.1 Å². The van der Waals surface area contributed by atoms with Crippen LogP contribution in [0.25, 0.3) is 10.8 Å². The maximum atomic E-state index is 14.5. The van der Waals surface area contributed by atoms with Gasteiger partial charge >= 0.3 is 6.18 Å². The van der Waals surface area contributed by atoms with E-state index in [1.54, 1.807) is 18.2 Å². The average molecular weight is 478 g/mol. The molecular formula is C27H34F3NO3. The summed E-state index contributed by atoms with van der Waals surface area (Å²) in [5, 5.41) is 20.1. The molecule has 4 nitrogen and oxygen atoms in total. The van der Waals surface area contributed by atoms with Crippen LogP contribution in [0.15, 0.2) is 30.3 Å². The number of benzene rings is 2. The number of hydrogen-bond acceptors (Lipinski definition) is 4. The predicted octanol–water partition coefficient (Wildman–Crippen LogP) is 5.87. The van der Waals surface area contributed by atoms with Gasteiger partial charge < -0.3 is 14.9 Å². The zero-order chi connectivity index (χ0) is 24.0. The number of aliphatic hydroxyl groups excluding tert-OH is 1. The molecule has 34 heavy (non-hydrogen) atoms. The minimum absolute atomic E-state index is 0.0583. The molecule has 0 radical (unpaired) electrons. The lowest BCUT2D eigenvalue weighted by Crippen LogP contribution is -2.45. The van der Waals surface area contributed by atoms with Crippen molar-refractivity contribution in [3.8, 4) is 5.75 Å². The molecule has 7 heteroatoms. The quantitative estimate of drug-likeness (QED) is 0.529. The Kier molecular flexibility index (Phi) is 6.55. The molecule has 2 bridgehead atoms. The van der Waals surface area contributed by atoms with Crippen LogP contribution < -0.4 is 4.74 Å². The highest BCUT2D eigenvalue weighted by Crippen LogP contribution is 2.45. The number of ether oxygens (including phenoxy) is 1. The highest BCUT2D eigenvalue weighted by atomic mass is 19.4. The average Bonchev–Trinajstić information content (AvgIpc) is 3.01. The SMILES string of the molecule is CC1CCC(Oc2ccc3cccc(CN4C5CCC4CC(C(O)O)C5)c3c2C(F)(F)F)CC1. The number of alkyl halides is 3. The molecule has 0 spiro atoms. The molecule has 0 aromatic heterocycles. The van der Waals surface area contributed by atoms with Gasteiger partial charge in [0.15, 0.2) is 6.29 Å².